The minimum Gasteiger partial charge on any atom is -0.480 e. The Labute approximate surface area is 284 Å². The number of phosphoric acid groups is 1. The molecule has 0 aromatic rings. The Morgan fingerprint density at radius 1 is 0.681 bits per heavy atom. The highest BCUT2D eigenvalue weighted by molar-refractivity contribution is 7.47. The van der Waals surface area contributed by atoms with Crippen LogP contribution in [0.25, 0.3) is 0 Å². The lowest BCUT2D eigenvalue weighted by molar-refractivity contribution is -0.161. The molecule has 0 aromatic heterocycles. The number of carboxylic acid groups (broad SMARTS) is 1. The van der Waals surface area contributed by atoms with Gasteiger partial charge in [-0.3, -0.25) is 23.4 Å². The number of carbonyl (C=O) groups excluding carboxylic acids is 2. The zero-order valence-corrected chi connectivity index (χ0v) is 30.1. The van der Waals surface area contributed by atoms with Crippen molar-refractivity contribution >= 4 is 25.7 Å². The van der Waals surface area contributed by atoms with Crippen molar-refractivity contribution in [3.63, 3.8) is 0 Å². The van der Waals surface area contributed by atoms with Crippen molar-refractivity contribution in [3.8, 4) is 0 Å². The van der Waals surface area contributed by atoms with Gasteiger partial charge in [0.25, 0.3) is 0 Å². The van der Waals surface area contributed by atoms with E-state index in [9.17, 15) is 23.8 Å². The fourth-order valence-electron chi connectivity index (χ4n) is 4.99. The molecule has 3 atom stereocenters. The van der Waals surface area contributed by atoms with E-state index < -0.39 is 51.1 Å². The first-order chi connectivity index (χ1) is 22.6. The predicted octanol–water partition coefficient (Wildman–Crippen LogP) is 8.56. The summed E-state index contributed by atoms with van der Waals surface area (Å²) in [6.07, 6.45) is 26.2. The third-order valence-electron chi connectivity index (χ3n) is 7.91. The van der Waals surface area contributed by atoms with Gasteiger partial charge >= 0.3 is 25.7 Å². The molecule has 0 aliphatic rings. The van der Waals surface area contributed by atoms with Crippen LogP contribution in [0.2, 0.25) is 0 Å². The topological polar surface area (TPSA) is 172 Å². The van der Waals surface area contributed by atoms with E-state index in [1.54, 1.807) is 0 Å². The molecule has 0 saturated heterocycles. The van der Waals surface area contributed by atoms with Gasteiger partial charge in [-0.15, -0.1) is 6.58 Å². The highest BCUT2D eigenvalue weighted by Gasteiger charge is 2.28. The second kappa shape index (κ2) is 31.5. The Balaban J connectivity index is 4.35. The first-order valence-corrected chi connectivity index (χ1v) is 19.7. The molecule has 1 unspecified atom stereocenters. The summed E-state index contributed by atoms with van der Waals surface area (Å²) < 4.78 is 32.4. The number of aliphatic carboxylic acids is 1. The molecule has 276 valence electrons. The number of hydrogen-bond acceptors (Lipinski definition) is 9. The van der Waals surface area contributed by atoms with Crippen LogP contribution in [-0.2, 0) is 37.5 Å². The maximum atomic E-state index is 12.4. The van der Waals surface area contributed by atoms with Crippen LogP contribution in [-0.4, -0.2) is 59.9 Å². The lowest BCUT2D eigenvalue weighted by Crippen LogP contribution is -2.34. The van der Waals surface area contributed by atoms with Crippen molar-refractivity contribution in [3.05, 3.63) is 12.7 Å². The summed E-state index contributed by atoms with van der Waals surface area (Å²) in [5.41, 5.74) is 5.30. The fraction of sp³-hybridized carbons (Fsp3) is 0.857. The standard InChI is InChI=1S/C35H66NO10P/c1-3-5-7-9-11-13-14-15-16-17-18-19-21-22-24-26-33(37)43-28-31(29-44-47(41,42)45-30-32(36)35(39)40)46-34(38)27-25-23-20-12-10-8-6-4-2/h3,31-32H,1,4-30,36H2,2H3,(H,39,40)(H,41,42)/t31-,32+/m0/s1. The Morgan fingerprint density at radius 3 is 1.57 bits per heavy atom. The summed E-state index contributed by atoms with van der Waals surface area (Å²) in [7, 11) is -4.70. The van der Waals surface area contributed by atoms with Gasteiger partial charge in [0.2, 0.25) is 0 Å². The smallest absolute Gasteiger partial charge is 0.472 e. The molecule has 4 N–H and O–H groups in total. The fourth-order valence-corrected chi connectivity index (χ4v) is 5.76. The van der Waals surface area contributed by atoms with E-state index in [-0.39, 0.29) is 19.4 Å². The van der Waals surface area contributed by atoms with Gasteiger partial charge in [0, 0.05) is 12.8 Å². The summed E-state index contributed by atoms with van der Waals surface area (Å²) in [5.74, 6) is -2.38. The molecule has 0 saturated carbocycles. The third-order valence-corrected chi connectivity index (χ3v) is 8.86. The Kier molecular flexibility index (Phi) is 30.3. The van der Waals surface area contributed by atoms with Gasteiger partial charge in [-0.2, -0.15) is 0 Å². The van der Waals surface area contributed by atoms with Crippen LogP contribution in [0.15, 0.2) is 12.7 Å². The Morgan fingerprint density at radius 2 is 1.11 bits per heavy atom. The largest absolute Gasteiger partial charge is 0.480 e. The molecule has 0 bridgehead atoms. The number of phosphoric ester groups is 1. The second-order valence-corrected chi connectivity index (χ2v) is 13.9. The van der Waals surface area contributed by atoms with Crippen molar-refractivity contribution in [1.29, 1.82) is 0 Å². The number of esters is 2. The SMILES string of the molecule is C=CCCCCCCCCCCCCCCCC(=O)OC[C@@H](COP(=O)(O)OC[C@@H](N)C(=O)O)OC(=O)CCCCCCCCCC. The molecular formula is C35H66NO10P. The van der Waals surface area contributed by atoms with Crippen LogP contribution in [0.5, 0.6) is 0 Å². The zero-order chi connectivity index (χ0) is 35.0. The van der Waals surface area contributed by atoms with Crippen molar-refractivity contribution in [1.82, 2.24) is 0 Å². The van der Waals surface area contributed by atoms with Crippen LogP contribution in [0.1, 0.15) is 161 Å². The molecule has 11 nitrogen and oxygen atoms in total. The number of carboxylic acids is 1. The normalized spacial score (nSPS) is 13.9. The Bertz CT molecular complexity index is 856. The van der Waals surface area contributed by atoms with Crippen LogP contribution in [0, 0.1) is 0 Å². The lowest BCUT2D eigenvalue weighted by Gasteiger charge is -2.20. The quantitative estimate of drug-likeness (QED) is 0.0252. The molecule has 0 radical (unpaired) electrons. The zero-order valence-electron chi connectivity index (χ0n) is 29.2. The van der Waals surface area contributed by atoms with Gasteiger partial charge in [0.05, 0.1) is 13.2 Å². The van der Waals surface area contributed by atoms with Crippen molar-refractivity contribution in [2.24, 2.45) is 5.73 Å². The maximum absolute atomic E-state index is 12.4. The molecule has 0 fully saturated rings. The minimum atomic E-state index is -4.70. The van der Waals surface area contributed by atoms with Crippen molar-refractivity contribution in [2.45, 2.75) is 173 Å². The maximum Gasteiger partial charge on any atom is 0.472 e. The summed E-state index contributed by atoms with van der Waals surface area (Å²) >= 11 is 0. The molecule has 0 aliphatic carbocycles. The number of rotatable bonds is 35. The summed E-state index contributed by atoms with van der Waals surface area (Å²) in [5, 5.41) is 8.83. The minimum absolute atomic E-state index is 0.163. The van der Waals surface area contributed by atoms with Gasteiger partial charge < -0.3 is 25.2 Å². The summed E-state index contributed by atoms with van der Waals surface area (Å²) in [4.78, 5) is 45.5. The number of allylic oxidation sites excluding steroid dienone is 1. The van der Waals surface area contributed by atoms with Gasteiger partial charge in [-0.25, -0.2) is 4.57 Å². The van der Waals surface area contributed by atoms with Gasteiger partial charge in [0.1, 0.15) is 12.6 Å². The average molecular weight is 692 g/mol. The first-order valence-electron chi connectivity index (χ1n) is 18.2. The van der Waals surface area contributed by atoms with E-state index in [0.29, 0.717) is 12.8 Å². The van der Waals surface area contributed by atoms with Crippen LogP contribution >= 0.6 is 7.82 Å². The third kappa shape index (κ3) is 31.3. The molecular weight excluding hydrogens is 625 g/mol. The number of carbonyl (C=O) groups is 3. The molecule has 0 heterocycles. The summed E-state index contributed by atoms with van der Waals surface area (Å²) in [6.45, 7) is 4.26. The number of nitrogens with two attached hydrogens (primary N) is 1. The molecule has 0 rings (SSSR count). The van der Waals surface area contributed by atoms with E-state index in [1.165, 1.54) is 83.5 Å². The number of hydrogen-bond donors (Lipinski definition) is 3. The number of ether oxygens (including phenoxy) is 2. The second-order valence-electron chi connectivity index (χ2n) is 12.4. The van der Waals surface area contributed by atoms with E-state index >= 15 is 0 Å². The highest BCUT2D eigenvalue weighted by Crippen LogP contribution is 2.43. The van der Waals surface area contributed by atoms with E-state index in [4.69, 9.17) is 24.8 Å². The van der Waals surface area contributed by atoms with Gasteiger partial charge in [-0.1, -0.05) is 129 Å². The van der Waals surface area contributed by atoms with Crippen molar-refractivity contribution < 1.29 is 47.5 Å². The van der Waals surface area contributed by atoms with Crippen LogP contribution in [0.3, 0.4) is 0 Å². The van der Waals surface area contributed by atoms with Crippen LogP contribution < -0.4 is 5.73 Å². The monoisotopic (exact) mass is 691 g/mol. The molecule has 0 aromatic carbocycles. The molecule has 47 heavy (non-hydrogen) atoms. The molecule has 0 aliphatic heterocycles. The first kappa shape index (κ1) is 45.2. The predicted molar refractivity (Wildman–Crippen MR) is 185 cm³/mol. The Hall–Kier alpha value is -1.78. The molecule has 0 spiro atoms. The van der Waals surface area contributed by atoms with E-state index in [1.807, 2.05) is 6.08 Å². The van der Waals surface area contributed by atoms with Crippen LogP contribution in [0.4, 0.5) is 0 Å². The van der Waals surface area contributed by atoms with Crippen molar-refractivity contribution in [2.75, 3.05) is 19.8 Å². The molecule has 12 heteroatoms. The average Bonchev–Trinajstić information content (AvgIpc) is 3.04. The lowest BCUT2D eigenvalue weighted by atomic mass is 10.0. The van der Waals surface area contributed by atoms with E-state index in [2.05, 4.69) is 18.0 Å². The van der Waals surface area contributed by atoms with Gasteiger partial charge in [0.15, 0.2) is 6.10 Å². The highest BCUT2D eigenvalue weighted by atomic mass is 31.2. The summed E-state index contributed by atoms with van der Waals surface area (Å²) in [6, 6.07) is -1.52. The van der Waals surface area contributed by atoms with E-state index in [0.717, 1.165) is 44.9 Å². The van der Waals surface area contributed by atoms with Gasteiger partial charge in [-0.05, 0) is 25.7 Å². The number of unbranched alkanes of at least 4 members (excludes halogenated alkanes) is 20. The molecule has 0 amide bonds.